The first-order chi connectivity index (χ1) is 9.09. The smallest absolute Gasteiger partial charge is 0.325 e. The summed E-state index contributed by atoms with van der Waals surface area (Å²) in [5.74, 6) is -2.25. The maximum Gasteiger partial charge on any atom is 0.325 e. The van der Waals surface area contributed by atoms with Gasteiger partial charge in [-0.25, -0.2) is 0 Å². The maximum absolute atomic E-state index is 11.5. The van der Waals surface area contributed by atoms with Gasteiger partial charge in [0.05, 0.1) is 5.92 Å². The van der Waals surface area contributed by atoms with Gasteiger partial charge in [-0.15, -0.1) is 0 Å². The van der Waals surface area contributed by atoms with E-state index in [9.17, 15) is 14.7 Å². The zero-order valence-electron chi connectivity index (χ0n) is 10.5. The van der Waals surface area contributed by atoms with E-state index in [1.54, 1.807) is 29.2 Å². The molecule has 1 heterocycles. The van der Waals surface area contributed by atoms with Crippen LogP contribution in [0.3, 0.4) is 0 Å². The zero-order valence-corrected chi connectivity index (χ0v) is 10.5. The van der Waals surface area contributed by atoms with Crippen LogP contribution in [0.4, 0.5) is 0 Å². The second-order valence-electron chi connectivity index (χ2n) is 4.82. The molecule has 0 amide bonds. The molecule has 0 aliphatic carbocycles. The topological polar surface area (TPSA) is 77.8 Å². The van der Waals surface area contributed by atoms with E-state index in [2.05, 4.69) is 0 Å². The molecule has 5 heteroatoms. The lowest BCUT2D eigenvalue weighted by Crippen LogP contribution is -2.43. The number of carboxylic acids is 2. The summed E-state index contributed by atoms with van der Waals surface area (Å²) in [6.45, 7) is 0.914. The van der Waals surface area contributed by atoms with E-state index in [4.69, 9.17) is 5.11 Å². The van der Waals surface area contributed by atoms with E-state index < -0.39 is 23.9 Å². The molecule has 0 unspecified atom stereocenters. The Morgan fingerprint density at radius 1 is 1.21 bits per heavy atom. The Balaban J connectivity index is 2.20. The highest BCUT2D eigenvalue weighted by Crippen LogP contribution is 2.27. The van der Waals surface area contributed by atoms with Crippen molar-refractivity contribution in [2.24, 2.45) is 5.92 Å². The molecule has 1 aromatic rings. The van der Waals surface area contributed by atoms with Crippen LogP contribution in [-0.4, -0.2) is 40.1 Å². The molecule has 0 saturated carbocycles. The van der Waals surface area contributed by atoms with Crippen LogP contribution in [0.2, 0.25) is 0 Å². The number of aliphatic carboxylic acids is 2. The van der Waals surface area contributed by atoms with Crippen molar-refractivity contribution in [1.82, 2.24) is 4.90 Å². The van der Waals surface area contributed by atoms with Crippen molar-refractivity contribution in [1.29, 1.82) is 0 Å². The fraction of sp³-hybridized carbons (Fsp3) is 0.429. The number of carbonyl (C=O) groups is 2. The van der Waals surface area contributed by atoms with Gasteiger partial charge >= 0.3 is 11.9 Å². The van der Waals surface area contributed by atoms with Gasteiger partial charge in [-0.2, -0.15) is 0 Å². The molecular formula is C14H17NO4. The lowest BCUT2D eigenvalue weighted by molar-refractivity contribution is -0.149. The molecule has 2 atom stereocenters. The molecule has 2 rings (SSSR count). The van der Waals surface area contributed by atoms with Crippen molar-refractivity contribution >= 4 is 11.9 Å². The van der Waals surface area contributed by atoms with Crippen molar-refractivity contribution in [3.8, 4) is 0 Å². The minimum absolute atomic E-state index is 0.293. The molecule has 1 fully saturated rings. The predicted octanol–water partition coefficient (Wildman–Crippen LogP) is 1.61. The molecule has 0 bridgehead atoms. The number of likely N-dealkylation sites (tertiary alicyclic amines) is 1. The Morgan fingerprint density at radius 3 is 2.47 bits per heavy atom. The number of hydrogen-bond acceptors (Lipinski definition) is 3. The quantitative estimate of drug-likeness (QED) is 0.863. The monoisotopic (exact) mass is 263 g/mol. The Morgan fingerprint density at radius 2 is 1.89 bits per heavy atom. The third kappa shape index (κ3) is 3.12. The van der Waals surface area contributed by atoms with Crippen LogP contribution >= 0.6 is 0 Å². The molecular weight excluding hydrogens is 246 g/mol. The molecule has 1 aliphatic heterocycles. The summed E-state index contributed by atoms with van der Waals surface area (Å²) in [6, 6.07) is 8.20. The molecule has 0 radical (unpaired) electrons. The number of hydrogen-bond donors (Lipinski definition) is 2. The van der Waals surface area contributed by atoms with E-state index in [0.29, 0.717) is 31.5 Å². The van der Waals surface area contributed by atoms with Crippen LogP contribution in [0, 0.1) is 5.92 Å². The highest BCUT2D eigenvalue weighted by atomic mass is 16.4. The highest BCUT2D eigenvalue weighted by molar-refractivity contribution is 5.76. The zero-order chi connectivity index (χ0) is 13.8. The van der Waals surface area contributed by atoms with Gasteiger partial charge in [0.25, 0.3) is 0 Å². The van der Waals surface area contributed by atoms with Crippen LogP contribution in [-0.2, 0) is 9.59 Å². The van der Waals surface area contributed by atoms with Crippen molar-refractivity contribution < 1.29 is 19.8 Å². The second-order valence-corrected chi connectivity index (χ2v) is 4.82. The molecule has 0 spiro atoms. The standard InChI is InChI=1S/C14H17NO4/c16-13(17)11-7-4-8-15(9-11)12(14(18)19)10-5-2-1-3-6-10/h1-3,5-6,11-12H,4,7-9H2,(H,16,17)(H,18,19)/t11-,12+/m0/s1. The molecule has 1 aliphatic rings. The molecule has 5 nitrogen and oxygen atoms in total. The lowest BCUT2D eigenvalue weighted by atomic mass is 9.95. The fourth-order valence-corrected chi connectivity index (χ4v) is 2.59. The average molecular weight is 263 g/mol. The van der Waals surface area contributed by atoms with Crippen LogP contribution in [0.1, 0.15) is 24.4 Å². The summed E-state index contributed by atoms with van der Waals surface area (Å²) in [4.78, 5) is 24.3. The van der Waals surface area contributed by atoms with E-state index in [-0.39, 0.29) is 0 Å². The lowest BCUT2D eigenvalue weighted by Gasteiger charge is -2.35. The summed E-state index contributed by atoms with van der Waals surface area (Å²) in [7, 11) is 0. The highest BCUT2D eigenvalue weighted by Gasteiger charge is 2.33. The number of nitrogens with zero attached hydrogens (tertiary/aromatic N) is 1. The Bertz CT molecular complexity index is 460. The first kappa shape index (κ1) is 13.5. The summed E-state index contributed by atoms with van der Waals surface area (Å²) in [5.41, 5.74) is 0.695. The van der Waals surface area contributed by atoms with Crippen LogP contribution in [0.5, 0.6) is 0 Å². The first-order valence-corrected chi connectivity index (χ1v) is 6.34. The molecule has 2 N–H and O–H groups in total. The molecule has 1 saturated heterocycles. The van der Waals surface area contributed by atoms with Crippen LogP contribution < -0.4 is 0 Å². The molecule has 1 aromatic carbocycles. The van der Waals surface area contributed by atoms with Gasteiger partial charge < -0.3 is 10.2 Å². The van der Waals surface area contributed by atoms with Gasteiger partial charge in [-0.05, 0) is 24.9 Å². The van der Waals surface area contributed by atoms with E-state index in [1.807, 2.05) is 6.07 Å². The van der Waals surface area contributed by atoms with Crippen LogP contribution in [0.25, 0.3) is 0 Å². The SMILES string of the molecule is O=C(O)[C@H]1CCCN([C@@H](C(=O)O)c2ccccc2)C1. The molecule has 0 aromatic heterocycles. The maximum atomic E-state index is 11.5. The Kier molecular flexibility index (Phi) is 4.16. The number of rotatable bonds is 4. The van der Waals surface area contributed by atoms with Crippen molar-refractivity contribution in [3.05, 3.63) is 35.9 Å². The predicted molar refractivity (Wildman–Crippen MR) is 68.8 cm³/mol. The number of piperidine rings is 1. The van der Waals surface area contributed by atoms with Gasteiger partial charge in [-0.1, -0.05) is 30.3 Å². The van der Waals surface area contributed by atoms with Crippen LogP contribution in [0.15, 0.2) is 30.3 Å². The Hall–Kier alpha value is -1.88. The number of carboxylic acid groups (broad SMARTS) is 2. The first-order valence-electron chi connectivity index (χ1n) is 6.34. The van der Waals surface area contributed by atoms with Gasteiger partial charge in [0, 0.05) is 6.54 Å². The number of benzene rings is 1. The summed E-state index contributed by atoms with van der Waals surface area (Å²) < 4.78 is 0. The molecule has 102 valence electrons. The van der Waals surface area contributed by atoms with Gasteiger partial charge in [0.15, 0.2) is 0 Å². The van der Waals surface area contributed by atoms with E-state index >= 15 is 0 Å². The third-order valence-corrected chi connectivity index (χ3v) is 3.52. The summed E-state index contributed by atoms with van der Waals surface area (Å²) in [5, 5.41) is 18.5. The summed E-state index contributed by atoms with van der Waals surface area (Å²) >= 11 is 0. The Labute approximate surface area is 111 Å². The largest absolute Gasteiger partial charge is 0.481 e. The van der Waals surface area contributed by atoms with E-state index in [0.717, 1.165) is 0 Å². The normalized spacial score (nSPS) is 21.8. The minimum Gasteiger partial charge on any atom is -0.481 e. The molecule has 19 heavy (non-hydrogen) atoms. The van der Waals surface area contributed by atoms with Crippen molar-refractivity contribution in [2.45, 2.75) is 18.9 Å². The second kappa shape index (κ2) is 5.84. The van der Waals surface area contributed by atoms with E-state index in [1.165, 1.54) is 0 Å². The van der Waals surface area contributed by atoms with Gasteiger partial charge in [0.1, 0.15) is 6.04 Å². The van der Waals surface area contributed by atoms with Gasteiger partial charge in [0.2, 0.25) is 0 Å². The van der Waals surface area contributed by atoms with Crippen molar-refractivity contribution in [3.63, 3.8) is 0 Å². The third-order valence-electron chi connectivity index (χ3n) is 3.52. The summed E-state index contributed by atoms with van der Waals surface area (Å²) in [6.07, 6.45) is 1.33. The van der Waals surface area contributed by atoms with Gasteiger partial charge in [-0.3, -0.25) is 14.5 Å². The van der Waals surface area contributed by atoms with Crippen molar-refractivity contribution in [2.75, 3.05) is 13.1 Å². The fourth-order valence-electron chi connectivity index (χ4n) is 2.59. The minimum atomic E-state index is -0.933. The average Bonchev–Trinajstić information content (AvgIpc) is 2.40.